The molecule has 0 spiro atoms. The third-order valence-electron chi connectivity index (χ3n) is 2.53. The second kappa shape index (κ2) is 4.81. The molecule has 0 fully saturated rings. The van der Waals surface area contributed by atoms with Crippen LogP contribution in [-0.2, 0) is 0 Å². The Labute approximate surface area is 94.5 Å². The van der Waals surface area contributed by atoms with Gasteiger partial charge in [-0.05, 0) is 23.4 Å². The van der Waals surface area contributed by atoms with E-state index in [2.05, 4.69) is 0 Å². The minimum absolute atomic E-state index is 0.159. The number of fused-ring (bicyclic) bond motifs is 1. The first-order valence-corrected chi connectivity index (χ1v) is 5.31. The van der Waals surface area contributed by atoms with Crippen molar-refractivity contribution in [3.05, 3.63) is 48.0 Å². The lowest BCUT2D eigenvalue weighted by Crippen LogP contribution is -1.80. The molecule has 2 nitrogen and oxygen atoms in total. The summed E-state index contributed by atoms with van der Waals surface area (Å²) in [6, 6.07) is 11.3. The van der Waals surface area contributed by atoms with Crippen molar-refractivity contribution in [1.29, 1.82) is 0 Å². The number of hydrogen-bond acceptors (Lipinski definition) is 2. The fourth-order valence-corrected chi connectivity index (χ4v) is 1.74. The average molecular weight is 214 g/mol. The van der Waals surface area contributed by atoms with Crippen LogP contribution in [0.2, 0.25) is 0 Å². The maximum Gasteiger partial charge on any atom is 0.123 e. The van der Waals surface area contributed by atoms with Crippen molar-refractivity contribution in [2.75, 3.05) is 6.61 Å². The van der Waals surface area contributed by atoms with E-state index in [-0.39, 0.29) is 6.61 Å². The maximum absolute atomic E-state index is 9.70. The third kappa shape index (κ3) is 2.07. The fourth-order valence-electron chi connectivity index (χ4n) is 1.74. The van der Waals surface area contributed by atoms with Crippen LogP contribution in [0.1, 0.15) is 12.0 Å². The van der Waals surface area contributed by atoms with Crippen LogP contribution < -0.4 is 0 Å². The van der Waals surface area contributed by atoms with E-state index in [4.69, 9.17) is 5.11 Å². The molecule has 16 heavy (non-hydrogen) atoms. The second-order valence-corrected chi connectivity index (χ2v) is 3.63. The van der Waals surface area contributed by atoms with Crippen molar-refractivity contribution in [2.24, 2.45) is 0 Å². The summed E-state index contributed by atoms with van der Waals surface area (Å²) in [4.78, 5) is 0. The molecular weight excluding hydrogens is 200 g/mol. The largest absolute Gasteiger partial charge is 0.507 e. The normalized spacial score (nSPS) is 11.3. The van der Waals surface area contributed by atoms with Crippen LogP contribution in [0.25, 0.3) is 16.8 Å². The van der Waals surface area contributed by atoms with E-state index >= 15 is 0 Å². The molecule has 0 radical (unpaired) electrons. The van der Waals surface area contributed by atoms with Crippen molar-refractivity contribution in [3.8, 4) is 5.75 Å². The standard InChI is InChI=1S/C14H14O2/c15-10-4-3-5-11-8-9-14(16)13-7-2-1-6-12(11)13/h1-3,5-9,15-16H,4,10H2. The van der Waals surface area contributed by atoms with E-state index in [9.17, 15) is 5.11 Å². The smallest absolute Gasteiger partial charge is 0.123 e. The molecule has 82 valence electrons. The van der Waals surface area contributed by atoms with Crippen LogP contribution in [0, 0.1) is 0 Å². The van der Waals surface area contributed by atoms with Gasteiger partial charge < -0.3 is 10.2 Å². The lowest BCUT2D eigenvalue weighted by atomic mass is 10.0. The molecule has 0 bridgehead atoms. The second-order valence-electron chi connectivity index (χ2n) is 3.63. The number of aromatic hydroxyl groups is 1. The summed E-state index contributed by atoms with van der Waals surface area (Å²) in [5.41, 5.74) is 1.06. The lowest BCUT2D eigenvalue weighted by molar-refractivity contribution is 0.303. The molecule has 0 aliphatic carbocycles. The summed E-state index contributed by atoms with van der Waals surface area (Å²) < 4.78 is 0. The van der Waals surface area contributed by atoms with Crippen molar-refractivity contribution in [1.82, 2.24) is 0 Å². The number of phenols is 1. The Kier molecular flexibility index (Phi) is 3.22. The molecular formula is C14H14O2. The van der Waals surface area contributed by atoms with E-state index in [0.717, 1.165) is 16.3 Å². The molecule has 2 rings (SSSR count). The van der Waals surface area contributed by atoms with Gasteiger partial charge in [-0.25, -0.2) is 0 Å². The van der Waals surface area contributed by atoms with E-state index in [1.165, 1.54) is 0 Å². The molecule has 2 N–H and O–H groups in total. The SMILES string of the molecule is OCCC=Cc1ccc(O)c2ccccc12. The zero-order valence-electron chi connectivity index (χ0n) is 8.93. The van der Waals surface area contributed by atoms with Crippen LogP contribution in [0.4, 0.5) is 0 Å². The van der Waals surface area contributed by atoms with E-state index < -0.39 is 0 Å². The first-order valence-electron chi connectivity index (χ1n) is 5.31. The maximum atomic E-state index is 9.70. The van der Waals surface area contributed by atoms with Gasteiger partial charge >= 0.3 is 0 Å². The highest BCUT2D eigenvalue weighted by molar-refractivity contribution is 5.94. The summed E-state index contributed by atoms with van der Waals surface area (Å²) in [5.74, 6) is 0.301. The molecule has 0 aliphatic heterocycles. The number of rotatable bonds is 3. The van der Waals surface area contributed by atoms with Gasteiger partial charge in [-0.1, -0.05) is 42.5 Å². The predicted octanol–water partition coefficient (Wildman–Crippen LogP) is 2.94. The average Bonchev–Trinajstić information content (AvgIpc) is 2.33. The Morgan fingerprint density at radius 2 is 1.75 bits per heavy atom. The lowest BCUT2D eigenvalue weighted by Gasteiger charge is -2.04. The van der Waals surface area contributed by atoms with Crippen molar-refractivity contribution >= 4 is 16.8 Å². The summed E-state index contributed by atoms with van der Waals surface area (Å²) in [6.07, 6.45) is 4.55. The predicted molar refractivity (Wildman–Crippen MR) is 66.3 cm³/mol. The summed E-state index contributed by atoms with van der Waals surface area (Å²) in [7, 11) is 0. The zero-order valence-corrected chi connectivity index (χ0v) is 8.93. The van der Waals surface area contributed by atoms with Crippen LogP contribution in [0.5, 0.6) is 5.75 Å². The molecule has 2 aromatic carbocycles. The van der Waals surface area contributed by atoms with Gasteiger partial charge in [0.1, 0.15) is 5.75 Å². The minimum atomic E-state index is 0.159. The quantitative estimate of drug-likeness (QED) is 0.824. The first kappa shape index (κ1) is 10.7. The summed E-state index contributed by atoms with van der Waals surface area (Å²) in [5, 5.41) is 20.3. The molecule has 0 amide bonds. The fraction of sp³-hybridized carbons (Fsp3) is 0.143. The van der Waals surface area contributed by atoms with Crippen LogP contribution in [0.3, 0.4) is 0 Å². The monoisotopic (exact) mass is 214 g/mol. The molecule has 2 heteroatoms. The van der Waals surface area contributed by atoms with Crippen LogP contribution >= 0.6 is 0 Å². The first-order chi connectivity index (χ1) is 7.83. The number of hydrogen-bond donors (Lipinski definition) is 2. The Bertz CT molecular complexity index is 515. The van der Waals surface area contributed by atoms with Gasteiger partial charge in [0, 0.05) is 12.0 Å². The minimum Gasteiger partial charge on any atom is -0.507 e. The van der Waals surface area contributed by atoms with E-state index in [0.29, 0.717) is 12.2 Å². The number of aliphatic hydroxyl groups is 1. The highest BCUT2D eigenvalue weighted by Gasteiger charge is 2.01. The highest BCUT2D eigenvalue weighted by atomic mass is 16.3. The Balaban J connectivity index is 2.50. The van der Waals surface area contributed by atoms with Gasteiger partial charge in [0.05, 0.1) is 0 Å². The molecule has 0 heterocycles. The Hall–Kier alpha value is -1.80. The van der Waals surface area contributed by atoms with Crippen molar-refractivity contribution in [3.63, 3.8) is 0 Å². The van der Waals surface area contributed by atoms with Gasteiger partial charge in [0.2, 0.25) is 0 Å². The number of aliphatic hydroxyl groups excluding tert-OH is 1. The van der Waals surface area contributed by atoms with E-state index in [1.54, 1.807) is 6.07 Å². The molecule has 2 aromatic rings. The van der Waals surface area contributed by atoms with Gasteiger partial charge in [-0.2, -0.15) is 0 Å². The Morgan fingerprint density at radius 3 is 2.50 bits per heavy atom. The number of benzene rings is 2. The van der Waals surface area contributed by atoms with Gasteiger partial charge in [-0.15, -0.1) is 0 Å². The third-order valence-corrected chi connectivity index (χ3v) is 2.53. The van der Waals surface area contributed by atoms with Crippen molar-refractivity contribution in [2.45, 2.75) is 6.42 Å². The molecule has 0 saturated heterocycles. The van der Waals surface area contributed by atoms with Crippen molar-refractivity contribution < 1.29 is 10.2 Å². The summed E-state index contributed by atoms with van der Waals surface area (Å²) >= 11 is 0. The zero-order chi connectivity index (χ0) is 11.4. The van der Waals surface area contributed by atoms with E-state index in [1.807, 2.05) is 42.5 Å². The molecule has 0 aliphatic rings. The molecule has 0 aromatic heterocycles. The molecule has 0 unspecified atom stereocenters. The topological polar surface area (TPSA) is 40.5 Å². The number of phenolic OH excluding ortho intramolecular Hbond substituents is 1. The van der Waals surface area contributed by atoms with Crippen LogP contribution in [0.15, 0.2) is 42.5 Å². The van der Waals surface area contributed by atoms with Gasteiger partial charge in [-0.3, -0.25) is 0 Å². The van der Waals surface area contributed by atoms with Crippen LogP contribution in [-0.4, -0.2) is 16.8 Å². The van der Waals surface area contributed by atoms with Gasteiger partial charge in [0.25, 0.3) is 0 Å². The highest BCUT2D eigenvalue weighted by Crippen LogP contribution is 2.28. The summed E-state index contributed by atoms with van der Waals surface area (Å²) in [6.45, 7) is 0.159. The Morgan fingerprint density at radius 1 is 1.00 bits per heavy atom. The van der Waals surface area contributed by atoms with Gasteiger partial charge in [0.15, 0.2) is 0 Å². The molecule has 0 atom stereocenters. The molecule has 0 saturated carbocycles.